The third kappa shape index (κ3) is 9.00. The molecular formula is C35H48F6O. The topological polar surface area (TPSA) is 9.23 Å². The summed E-state index contributed by atoms with van der Waals surface area (Å²) in [6, 6.07) is 3.68. The second-order valence-corrected chi connectivity index (χ2v) is 11.9. The highest BCUT2D eigenvalue weighted by atomic mass is 19.3. The molecule has 0 aromatic heterocycles. The smallest absolute Gasteiger partial charge is 0.279 e. The van der Waals surface area contributed by atoms with Gasteiger partial charge in [0, 0.05) is 30.3 Å². The van der Waals surface area contributed by atoms with E-state index in [1.165, 1.54) is 18.6 Å². The molecule has 0 saturated heterocycles. The van der Waals surface area contributed by atoms with Gasteiger partial charge in [0.2, 0.25) is 0 Å². The van der Waals surface area contributed by atoms with Gasteiger partial charge in [-0.3, -0.25) is 0 Å². The van der Waals surface area contributed by atoms with Gasteiger partial charge in [0.25, 0.3) is 5.92 Å². The molecule has 1 aliphatic carbocycles. The maximum Gasteiger partial charge on any atom is 0.279 e. The number of aryl methyl sites for hydroxylation is 2. The third-order valence-corrected chi connectivity index (χ3v) is 8.63. The van der Waals surface area contributed by atoms with Crippen LogP contribution in [0, 0.1) is 29.2 Å². The number of fused-ring (bicyclic) bond motifs is 1. The van der Waals surface area contributed by atoms with Crippen LogP contribution in [0.3, 0.4) is 0 Å². The summed E-state index contributed by atoms with van der Waals surface area (Å²) in [6.45, 7) is 5.62. The van der Waals surface area contributed by atoms with Crippen molar-refractivity contribution < 1.29 is 31.1 Å². The van der Waals surface area contributed by atoms with Gasteiger partial charge in [0.05, 0.1) is 5.56 Å². The first-order valence-electron chi connectivity index (χ1n) is 16.2. The third-order valence-electron chi connectivity index (χ3n) is 8.63. The fourth-order valence-electron chi connectivity index (χ4n) is 6.06. The summed E-state index contributed by atoms with van der Waals surface area (Å²) in [5.41, 5.74) is -1.78. The minimum atomic E-state index is -3.52. The van der Waals surface area contributed by atoms with Crippen LogP contribution in [-0.2, 0) is 23.5 Å². The standard InChI is InChI=1S/C35H48F6O/c1-3-5-7-8-9-10-13-17-27-20-18-26-24-29(33(38)34(39)30(26)35(27,40)41)28-21-19-25(31(36)32(28)37)16-12-11-15-23-42-22-14-6-4-2/h19,21,24,27H,3-18,20,22-23H2,1-2H3. The molecule has 0 bridgehead atoms. The van der Waals surface area contributed by atoms with Crippen molar-refractivity contribution in [2.24, 2.45) is 5.92 Å². The van der Waals surface area contributed by atoms with Crippen LogP contribution in [0.2, 0.25) is 0 Å². The lowest BCUT2D eigenvalue weighted by Crippen LogP contribution is -2.33. The molecule has 0 aliphatic heterocycles. The van der Waals surface area contributed by atoms with Gasteiger partial charge >= 0.3 is 0 Å². The summed E-state index contributed by atoms with van der Waals surface area (Å²) >= 11 is 0. The van der Waals surface area contributed by atoms with Crippen molar-refractivity contribution in [3.05, 3.63) is 58.2 Å². The number of hydrogen-bond donors (Lipinski definition) is 0. The lowest BCUT2D eigenvalue weighted by atomic mass is 9.77. The van der Waals surface area contributed by atoms with Crippen molar-refractivity contribution >= 4 is 0 Å². The van der Waals surface area contributed by atoms with Gasteiger partial charge in [-0.05, 0) is 62.1 Å². The predicted molar refractivity (Wildman–Crippen MR) is 158 cm³/mol. The number of halogens is 6. The van der Waals surface area contributed by atoms with Gasteiger partial charge in [-0.25, -0.2) is 26.3 Å². The Hall–Kier alpha value is -2.02. The molecule has 0 spiro atoms. The quantitative estimate of drug-likeness (QED) is 0.115. The maximum absolute atomic E-state index is 15.4. The lowest BCUT2D eigenvalue weighted by Gasteiger charge is -2.34. The minimum Gasteiger partial charge on any atom is -0.381 e. The van der Waals surface area contributed by atoms with E-state index in [9.17, 15) is 4.39 Å². The van der Waals surface area contributed by atoms with E-state index in [1.807, 2.05) is 0 Å². The van der Waals surface area contributed by atoms with E-state index in [4.69, 9.17) is 4.74 Å². The predicted octanol–water partition coefficient (Wildman–Crippen LogP) is 11.6. The molecule has 2 aromatic carbocycles. The molecule has 2 aromatic rings. The van der Waals surface area contributed by atoms with Crippen molar-refractivity contribution in [3.8, 4) is 11.1 Å². The summed E-state index contributed by atoms with van der Waals surface area (Å²) in [5.74, 6) is -10.2. The van der Waals surface area contributed by atoms with Crippen LogP contribution in [0.25, 0.3) is 11.1 Å². The normalized spacial score (nSPS) is 16.1. The first-order chi connectivity index (χ1) is 20.2. The minimum absolute atomic E-state index is 0.0366. The fourth-order valence-corrected chi connectivity index (χ4v) is 6.06. The molecule has 0 saturated carbocycles. The molecule has 0 N–H and O–H groups in total. The molecule has 0 fully saturated rings. The zero-order chi connectivity index (χ0) is 30.5. The molecule has 1 atom stereocenters. The Bertz CT molecular complexity index is 1120. The second kappa shape index (κ2) is 17.3. The van der Waals surface area contributed by atoms with E-state index >= 15 is 22.0 Å². The highest BCUT2D eigenvalue weighted by Gasteiger charge is 2.48. The Labute approximate surface area is 248 Å². The van der Waals surface area contributed by atoms with Crippen LogP contribution in [-0.4, -0.2) is 13.2 Å². The summed E-state index contributed by atoms with van der Waals surface area (Å²) in [6.07, 6.45) is 13.3. The van der Waals surface area contributed by atoms with Crippen LogP contribution >= 0.6 is 0 Å². The van der Waals surface area contributed by atoms with E-state index in [1.54, 1.807) is 0 Å². The van der Waals surface area contributed by atoms with Crippen molar-refractivity contribution in [2.75, 3.05) is 13.2 Å². The van der Waals surface area contributed by atoms with Crippen LogP contribution in [0.4, 0.5) is 26.3 Å². The largest absolute Gasteiger partial charge is 0.381 e. The highest BCUT2D eigenvalue weighted by Crippen LogP contribution is 2.49. The second-order valence-electron chi connectivity index (χ2n) is 11.9. The van der Waals surface area contributed by atoms with Crippen LogP contribution in [0.15, 0.2) is 18.2 Å². The summed E-state index contributed by atoms with van der Waals surface area (Å²) in [7, 11) is 0. The van der Waals surface area contributed by atoms with Gasteiger partial charge < -0.3 is 4.74 Å². The molecule has 1 nitrogen and oxygen atoms in total. The average molecular weight is 599 g/mol. The van der Waals surface area contributed by atoms with Crippen LogP contribution in [0.1, 0.15) is 127 Å². The molecule has 0 radical (unpaired) electrons. The molecule has 42 heavy (non-hydrogen) atoms. The molecule has 0 heterocycles. The first kappa shape index (κ1) is 34.5. The van der Waals surface area contributed by atoms with Crippen molar-refractivity contribution in [1.82, 2.24) is 0 Å². The Morgan fingerprint density at radius 3 is 2.00 bits per heavy atom. The first-order valence-corrected chi connectivity index (χ1v) is 16.2. The molecule has 0 amide bonds. The van der Waals surface area contributed by atoms with E-state index in [-0.39, 0.29) is 30.4 Å². The van der Waals surface area contributed by atoms with Gasteiger partial charge in [-0.1, -0.05) is 90.2 Å². The Morgan fingerprint density at radius 1 is 0.690 bits per heavy atom. The number of alkyl halides is 2. The van der Waals surface area contributed by atoms with Crippen molar-refractivity contribution in [1.29, 1.82) is 0 Å². The van der Waals surface area contributed by atoms with E-state index < -0.39 is 51.8 Å². The highest BCUT2D eigenvalue weighted by molar-refractivity contribution is 5.68. The SMILES string of the molecule is CCCCCCCCCC1CCc2cc(-c3ccc(CCCCCOCCCCC)c(F)c3F)c(F)c(F)c2C1(F)F. The van der Waals surface area contributed by atoms with Crippen LogP contribution < -0.4 is 0 Å². The Morgan fingerprint density at radius 2 is 1.29 bits per heavy atom. The summed E-state index contributed by atoms with van der Waals surface area (Å²) < 4.78 is 96.9. The molecule has 7 heteroatoms. The molecule has 3 rings (SSSR count). The van der Waals surface area contributed by atoms with E-state index in [2.05, 4.69) is 13.8 Å². The van der Waals surface area contributed by atoms with E-state index in [0.717, 1.165) is 76.9 Å². The zero-order valence-electron chi connectivity index (χ0n) is 25.4. The van der Waals surface area contributed by atoms with Gasteiger partial charge in [0.15, 0.2) is 23.3 Å². The average Bonchev–Trinajstić information content (AvgIpc) is 2.96. The number of hydrogen-bond acceptors (Lipinski definition) is 1. The number of ether oxygens (including phenoxy) is 1. The number of benzene rings is 2. The summed E-state index contributed by atoms with van der Waals surface area (Å²) in [5, 5.41) is 0. The summed E-state index contributed by atoms with van der Waals surface area (Å²) in [4.78, 5) is 0. The van der Waals surface area contributed by atoms with Crippen LogP contribution in [0.5, 0.6) is 0 Å². The number of unbranched alkanes of at least 4 members (excludes halogenated alkanes) is 10. The fraction of sp³-hybridized carbons (Fsp3) is 0.657. The molecule has 1 unspecified atom stereocenters. The van der Waals surface area contributed by atoms with Crippen molar-refractivity contribution in [2.45, 2.75) is 129 Å². The molecule has 236 valence electrons. The van der Waals surface area contributed by atoms with E-state index in [0.29, 0.717) is 25.9 Å². The van der Waals surface area contributed by atoms with Crippen molar-refractivity contribution in [3.63, 3.8) is 0 Å². The number of rotatable bonds is 19. The van der Waals surface area contributed by atoms with Gasteiger partial charge in [-0.15, -0.1) is 0 Å². The Balaban J connectivity index is 1.64. The Kier molecular flexibility index (Phi) is 14.2. The molecule has 1 aliphatic rings. The zero-order valence-corrected chi connectivity index (χ0v) is 25.4. The lowest BCUT2D eigenvalue weighted by molar-refractivity contribution is -0.0823. The van der Waals surface area contributed by atoms with Gasteiger partial charge in [0.1, 0.15) is 0 Å². The maximum atomic E-state index is 15.4. The molecular weight excluding hydrogens is 550 g/mol. The van der Waals surface area contributed by atoms with Gasteiger partial charge in [-0.2, -0.15) is 0 Å². The monoisotopic (exact) mass is 598 g/mol.